The smallest absolute Gasteiger partial charge is 0.223 e. The van der Waals surface area contributed by atoms with E-state index in [4.69, 9.17) is 4.42 Å². The Kier molecular flexibility index (Phi) is 3.74. The zero-order valence-electron chi connectivity index (χ0n) is 11.7. The van der Waals surface area contributed by atoms with Gasteiger partial charge < -0.3 is 14.4 Å². The predicted octanol–water partition coefficient (Wildman–Crippen LogP) is 0.840. The first-order chi connectivity index (χ1) is 10.2. The molecule has 0 aliphatic carbocycles. The van der Waals surface area contributed by atoms with E-state index in [0.717, 1.165) is 12.0 Å². The second-order valence-corrected chi connectivity index (χ2v) is 5.44. The van der Waals surface area contributed by atoms with E-state index in [0.29, 0.717) is 31.5 Å². The molecule has 0 radical (unpaired) electrons. The van der Waals surface area contributed by atoms with Gasteiger partial charge in [0.15, 0.2) is 0 Å². The molecule has 0 bridgehead atoms. The number of H-pyrrole nitrogens is 1. The lowest BCUT2D eigenvalue weighted by atomic mass is 9.90. The average molecular weight is 290 g/mol. The van der Waals surface area contributed by atoms with Crippen molar-refractivity contribution in [2.24, 2.45) is 0 Å². The van der Waals surface area contributed by atoms with Crippen LogP contribution in [0.15, 0.2) is 29.2 Å². The number of piperidine rings is 1. The summed E-state index contributed by atoms with van der Waals surface area (Å²) in [7, 11) is 0. The van der Waals surface area contributed by atoms with E-state index in [1.807, 2.05) is 6.07 Å². The number of furan rings is 1. The Morgan fingerprint density at radius 2 is 2.48 bits per heavy atom. The SMILES string of the molecule is O=C(CCc1ccoc1)N1CCC[C@](O)(c2cn[nH]n2)C1. The monoisotopic (exact) mass is 290 g/mol. The molecule has 0 saturated carbocycles. The van der Waals surface area contributed by atoms with Crippen LogP contribution in [-0.2, 0) is 16.8 Å². The summed E-state index contributed by atoms with van der Waals surface area (Å²) in [5.41, 5.74) is 0.401. The quantitative estimate of drug-likeness (QED) is 0.870. The number of aromatic amines is 1. The minimum atomic E-state index is -1.10. The first-order valence-electron chi connectivity index (χ1n) is 7.05. The number of carbonyl (C=O) groups is 1. The number of nitrogens with zero attached hydrogens (tertiary/aromatic N) is 3. The number of hydrogen-bond acceptors (Lipinski definition) is 5. The molecule has 112 valence electrons. The van der Waals surface area contributed by atoms with Gasteiger partial charge in [-0.05, 0) is 30.9 Å². The summed E-state index contributed by atoms with van der Waals surface area (Å²) < 4.78 is 4.99. The normalized spacial score (nSPS) is 22.4. The van der Waals surface area contributed by atoms with Gasteiger partial charge in [0, 0.05) is 13.0 Å². The van der Waals surface area contributed by atoms with Crippen molar-refractivity contribution in [3.63, 3.8) is 0 Å². The number of nitrogens with one attached hydrogen (secondary N) is 1. The summed E-state index contributed by atoms with van der Waals surface area (Å²) in [5.74, 6) is 0.0396. The Bertz CT molecular complexity index is 581. The summed E-state index contributed by atoms with van der Waals surface area (Å²) in [4.78, 5) is 14.0. The first-order valence-corrected chi connectivity index (χ1v) is 7.05. The van der Waals surface area contributed by atoms with Gasteiger partial charge in [-0.15, -0.1) is 0 Å². The highest BCUT2D eigenvalue weighted by Gasteiger charge is 2.38. The minimum Gasteiger partial charge on any atom is -0.472 e. The third-order valence-electron chi connectivity index (χ3n) is 3.92. The first kappa shape index (κ1) is 13.8. The van der Waals surface area contributed by atoms with Gasteiger partial charge in [-0.3, -0.25) is 4.79 Å². The van der Waals surface area contributed by atoms with Gasteiger partial charge in [-0.25, -0.2) is 0 Å². The standard InChI is InChI=1S/C14H18N4O3/c19-13(3-2-11-4-7-21-9-11)18-6-1-5-14(20,10-18)12-8-15-17-16-12/h4,7-9,20H,1-3,5-6,10H2,(H,15,16,17)/t14-/m1/s1. The van der Waals surface area contributed by atoms with Crippen LogP contribution in [0, 0.1) is 0 Å². The van der Waals surface area contributed by atoms with E-state index in [1.54, 1.807) is 17.4 Å². The van der Waals surface area contributed by atoms with Crippen LogP contribution in [0.4, 0.5) is 0 Å². The van der Waals surface area contributed by atoms with Crippen LogP contribution in [0.2, 0.25) is 0 Å². The highest BCUT2D eigenvalue weighted by molar-refractivity contribution is 5.76. The van der Waals surface area contributed by atoms with Crippen LogP contribution in [0.5, 0.6) is 0 Å². The molecule has 3 rings (SSSR count). The van der Waals surface area contributed by atoms with Crippen LogP contribution < -0.4 is 0 Å². The lowest BCUT2D eigenvalue weighted by molar-refractivity contribution is -0.139. The molecule has 1 fully saturated rings. The molecule has 21 heavy (non-hydrogen) atoms. The summed E-state index contributed by atoms with van der Waals surface area (Å²) in [6.07, 6.45) is 7.16. The zero-order valence-corrected chi connectivity index (χ0v) is 11.7. The largest absolute Gasteiger partial charge is 0.472 e. The van der Waals surface area contributed by atoms with E-state index in [9.17, 15) is 9.90 Å². The average Bonchev–Trinajstić information content (AvgIpc) is 3.18. The Morgan fingerprint density at radius 1 is 1.57 bits per heavy atom. The maximum atomic E-state index is 12.3. The minimum absolute atomic E-state index is 0.0396. The molecular formula is C14H18N4O3. The van der Waals surface area contributed by atoms with Crippen LogP contribution in [0.25, 0.3) is 0 Å². The Labute approximate surface area is 121 Å². The summed E-state index contributed by atoms with van der Waals surface area (Å²) in [6, 6.07) is 1.86. The van der Waals surface area contributed by atoms with Gasteiger partial charge in [0.1, 0.15) is 11.3 Å². The molecule has 7 heteroatoms. The van der Waals surface area contributed by atoms with Crippen LogP contribution in [0.1, 0.15) is 30.5 Å². The fraction of sp³-hybridized carbons (Fsp3) is 0.500. The molecule has 0 aromatic carbocycles. The number of aryl methyl sites for hydroxylation is 1. The number of aromatic nitrogens is 3. The third-order valence-corrected chi connectivity index (χ3v) is 3.92. The molecule has 1 aliphatic rings. The number of β-amino-alcohol motifs (C(OH)–C–C–N with tert-alkyl or cyclic N) is 1. The molecule has 1 atom stereocenters. The van der Waals surface area contributed by atoms with Gasteiger partial charge >= 0.3 is 0 Å². The van der Waals surface area contributed by atoms with Gasteiger partial charge in [-0.2, -0.15) is 15.4 Å². The van der Waals surface area contributed by atoms with Crippen molar-refractivity contribution < 1.29 is 14.3 Å². The number of carbonyl (C=O) groups excluding carboxylic acids is 1. The van der Waals surface area contributed by atoms with E-state index < -0.39 is 5.60 Å². The molecule has 1 aliphatic heterocycles. The second-order valence-electron chi connectivity index (χ2n) is 5.44. The fourth-order valence-electron chi connectivity index (χ4n) is 2.73. The van der Waals surface area contributed by atoms with Crippen molar-refractivity contribution in [3.05, 3.63) is 36.0 Å². The summed E-state index contributed by atoms with van der Waals surface area (Å²) in [5, 5.41) is 20.9. The van der Waals surface area contributed by atoms with Crippen molar-refractivity contribution in [1.29, 1.82) is 0 Å². The maximum absolute atomic E-state index is 12.3. The fourth-order valence-corrected chi connectivity index (χ4v) is 2.73. The summed E-state index contributed by atoms with van der Waals surface area (Å²) in [6.45, 7) is 0.939. The second kappa shape index (κ2) is 5.69. The lowest BCUT2D eigenvalue weighted by Gasteiger charge is -2.38. The number of likely N-dealkylation sites (tertiary alicyclic amines) is 1. The number of aliphatic hydroxyl groups is 1. The Balaban J connectivity index is 1.61. The van der Waals surface area contributed by atoms with Crippen LogP contribution in [-0.4, -0.2) is 44.4 Å². The highest BCUT2D eigenvalue weighted by atomic mass is 16.3. The molecule has 1 amide bonds. The number of rotatable bonds is 4. The molecule has 0 spiro atoms. The summed E-state index contributed by atoms with van der Waals surface area (Å²) >= 11 is 0. The van der Waals surface area contributed by atoms with Crippen molar-refractivity contribution in [2.75, 3.05) is 13.1 Å². The topological polar surface area (TPSA) is 95.3 Å². The lowest BCUT2D eigenvalue weighted by Crippen LogP contribution is -2.48. The third kappa shape index (κ3) is 2.97. The van der Waals surface area contributed by atoms with Crippen molar-refractivity contribution in [3.8, 4) is 0 Å². The zero-order chi connectivity index (χ0) is 14.7. The maximum Gasteiger partial charge on any atom is 0.223 e. The van der Waals surface area contributed by atoms with Crippen LogP contribution >= 0.6 is 0 Å². The van der Waals surface area contributed by atoms with Gasteiger partial charge in [-0.1, -0.05) is 0 Å². The molecule has 2 N–H and O–H groups in total. The predicted molar refractivity (Wildman–Crippen MR) is 73.1 cm³/mol. The molecule has 7 nitrogen and oxygen atoms in total. The Morgan fingerprint density at radius 3 is 3.19 bits per heavy atom. The molecule has 0 unspecified atom stereocenters. The van der Waals surface area contributed by atoms with Crippen molar-refractivity contribution in [1.82, 2.24) is 20.3 Å². The molecule has 2 aromatic rings. The van der Waals surface area contributed by atoms with Crippen LogP contribution in [0.3, 0.4) is 0 Å². The molecule has 1 saturated heterocycles. The van der Waals surface area contributed by atoms with E-state index >= 15 is 0 Å². The number of hydrogen-bond donors (Lipinski definition) is 2. The van der Waals surface area contributed by atoms with Crippen molar-refractivity contribution in [2.45, 2.75) is 31.3 Å². The molecule has 2 aromatic heterocycles. The Hall–Kier alpha value is -2.15. The van der Waals surface area contributed by atoms with Gasteiger partial charge in [0.05, 0.1) is 25.3 Å². The molecule has 3 heterocycles. The molecular weight excluding hydrogens is 272 g/mol. The highest BCUT2D eigenvalue weighted by Crippen LogP contribution is 2.30. The van der Waals surface area contributed by atoms with Crippen molar-refractivity contribution >= 4 is 5.91 Å². The van der Waals surface area contributed by atoms with E-state index in [1.165, 1.54) is 6.20 Å². The van der Waals surface area contributed by atoms with Gasteiger partial charge in [0.2, 0.25) is 5.91 Å². The number of amides is 1. The van der Waals surface area contributed by atoms with E-state index in [2.05, 4.69) is 15.4 Å². The van der Waals surface area contributed by atoms with Gasteiger partial charge in [0.25, 0.3) is 0 Å². The van der Waals surface area contributed by atoms with E-state index in [-0.39, 0.29) is 12.5 Å².